The minimum absolute atomic E-state index is 0.856. The fourth-order valence-electron chi connectivity index (χ4n) is 2.24. The molecule has 1 N–H and O–H groups in total. The van der Waals surface area contributed by atoms with Crippen molar-refractivity contribution in [2.75, 3.05) is 13.1 Å². The van der Waals surface area contributed by atoms with Gasteiger partial charge in [0.05, 0.1) is 0 Å². The van der Waals surface area contributed by atoms with Crippen molar-refractivity contribution in [1.29, 1.82) is 0 Å². The van der Waals surface area contributed by atoms with Crippen LogP contribution in [0.2, 0.25) is 0 Å². The molecule has 1 aliphatic rings. The first-order chi connectivity index (χ1) is 7.45. The Labute approximate surface area is 92.1 Å². The standard InChI is InChI=1S/C13H20N2/c1-3-9-14-11-12(5-1)7-8-13-6-2-4-10-15-13/h2,4,6,10,12,14H,1,3,5,7-9,11H2. The summed E-state index contributed by atoms with van der Waals surface area (Å²) in [7, 11) is 0. The second kappa shape index (κ2) is 5.86. The van der Waals surface area contributed by atoms with Gasteiger partial charge in [0.15, 0.2) is 0 Å². The summed E-state index contributed by atoms with van der Waals surface area (Å²) < 4.78 is 0. The van der Waals surface area contributed by atoms with Crippen LogP contribution >= 0.6 is 0 Å². The van der Waals surface area contributed by atoms with Crippen LogP contribution in [-0.4, -0.2) is 18.1 Å². The van der Waals surface area contributed by atoms with E-state index in [0.29, 0.717) is 0 Å². The number of aryl methyl sites for hydroxylation is 1. The Bertz CT molecular complexity index is 263. The number of hydrogen-bond acceptors (Lipinski definition) is 2. The van der Waals surface area contributed by atoms with Gasteiger partial charge in [-0.25, -0.2) is 0 Å². The zero-order valence-electron chi connectivity index (χ0n) is 9.28. The molecule has 1 atom stereocenters. The van der Waals surface area contributed by atoms with Crippen LogP contribution in [0.4, 0.5) is 0 Å². The van der Waals surface area contributed by atoms with E-state index in [0.717, 1.165) is 12.3 Å². The van der Waals surface area contributed by atoms with E-state index < -0.39 is 0 Å². The maximum absolute atomic E-state index is 4.37. The minimum Gasteiger partial charge on any atom is -0.316 e. The predicted octanol–water partition coefficient (Wildman–Crippen LogP) is 2.40. The summed E-state index contributed by atoms with van der Waals surface area (Å²) in [5.41, 5.74) is 1.24. The molecule has 2 heterocycles. The third-order valence-electron chi connectivity index (χ3n) is 3.18. The van der Waals surface area contributed by atoms with Crippen LogP contribution in [-0.2, 0) is 6.42 Å². The molecule has 1 saturated heterocycles. The summed E-state index contributed by atoms with van der Waals surface area (Å²) in [6.45, 7) is 2.41. The molecule has 15 heavy (non-hydrogen) atoms. The van der Waals surface area contributed by atoms with E-state index in [9.17, 15) is 0 Å². The fourth-order valence-corrected chi connectivity index (χ4v) is 2.24. The van der Waals surface area contributed by atoms with Crippen molar-refractivity contribution in [1.82, 2.24) is 10.3 Å². The fraction of sp³-hybridized carbons (Fsp3) is 0.615. The molecule has 0 spiro atoms. The monoisotopic (exact) mass is 204 g/mol. The average molecular weight is 204 g/mol. The molecule has 82 valence electrons. The van der Waals surface area contributed by atoms with Crippen molar-refractivity contribution < 1.29 is 0 Å². The van der Waals surface area contributed by atoms with Gasteiger partial charge >= 0.3 is 0 Å². The molecule has 0 aromatic carbocycles. The van der Waals surface area contributed by atoms with Crippen LogP contribution in [0.15, 0.2) is 24.4 Å². The Morgan fingerprint density at radius 3 is 3.20 bits per heavy atom. The van der Waals surface area contributed by atoms with Crippen LogP contribution in [0, 0.1) is 5.92 Å². The van der Waals surface area contributed by atoms with Gasteiger partial charge in [-0.1, -0.05) is 12.5 Å². The lowest BCUT2D eigenvalue weighted by molar-refractivity contribution is 0.445. The number of nitrogens with zero attached hydrogens (tertiary/aromatic N) is 1. The molecule has 0 amide bonds. The van der Waals surface area contributed by atoms with Gasteiger partial charge in [-0.2, -0.15) is 0 Å². The van der Waals surface area contributed by atoms with E-state index in [2.05, 4.69) is 22.4 Å². The summed E-state index contributed by atoms with van der Waals surface area (Å²) in [5.74, 6) is 0.856. The number of aromatic nitrogens is 1. The SMILES string of the molecule is c1ccc(CCC2CCCCNC2)nc1. The van der Waals surface area contributed by atoms with Crippen LogP contribution in [0.5, 0.6) is 0 Å². The lowest BCUT2D eigenvalue weighted by Gasteiger charge is -2.13. The van der Waals surface area contributed by atoms with Gasteiger partial charge in [-0.3, -0.25) is 4.98 Å². The zero-order valence-corrected chi connectivity index (χ0v) is 9.28. The smallest absolute Gasteiger partial charge is 0.0403 e. The van der Waals surface area contributed by atoms with E-state index in [1.807, 2.05) is 12.3 Å². The molecule has 2 heteroatoms. The minimum atomic E-state index is 0.856. The Morgan fingerprint density at radius 2 is 2.33 bits per heavy atom. The molecule has 0 saturated carbocycles. The normalized spacial score (nSPS) is 22.3. The number of nitrogens with one attached hydrogen (secondary N) is 1. The molecule has 2 nitrogen and oxygen atoms in total. The van der Waals surface area contributed by atoms with Crippen LogP contribution in [0.1, 0.15) is 31.4 Å². The molecule has 1 aromatic heterocycles. The first-order valence-electron chi connectivity index (χ1n) is 6.06. The lowest BCUT2D eigenvalue weighted by Crippen LogP contribution is -2.21. The second-order valence-corrected chi connectivity index (χ2v) is 4.43. The Hall–Kier alpha value is -0.890. The third-order valence-corrected chi connectivity index (χ3v) is 3.18. The van der Waals surface area contributed by atoms with Gasteiger partial charge < -0.3 is 5.32 Å². The maximum Gasteiger partial charge on any atom is 0.0403 e. The first kappa shape index (κ1) is 10.6. The summed E-state index contributed by atoms with van der Waals surface area (Å²) in [6, 6.07) is 6.19. The molecule has 0 aliphatic carbocycles. The summed E-state index contributed by atoms with van der Waals surface area (Å²) in [5, 5.41) is 3.51. The zero-order chi connectivity index (χ0) is 10.3. The van der Waals surface area contributed by atoms with E-state index >= 15 is 0 Å². The van der Waals surface area contributed by atoms with Gasteiger partial charge in [0.2, 0.25) is 0 Å². The molecular formula is C13H20N2. The predicted molar refractivity (Wildman–Crippen MR) is 62.8 cm³/mol. The highest BCUT2D eigenvalue weighted by Gasteiger charge is 2.11. The third kappa shape index (κ3) is 3.63. The molecule has 2 rings (SSSR count). The summed E-state index contributed by atoms with van der Waals surface area (Å²) in [4.78, 5) is 4.37. The van der Waals surface area contributed by atoms with Gasteiger partial charge in [-0.15, -0.1) is 0 Å². The lowest BCUT2D eigenvalue weighted by atomic mass is 9.97. The van der Waals surface area contributed by atoms with E-state index in [1.165, 1.54) is 44.5 Å². The molecule has 1 fully saturated rings. The number of pyridine rings is 1. The molecule has 1 unspecified atom stereocenters. The van der Waals surface area contributed by atoms with Gasteiger partial charge in [0.1, 0.15) is 0 Å². The highest BCUT2D eigenvalue weighted by atomic mass is 14.9. The van der Waals surface area contributed by atoms with Gasteiger partial charge in [0.25, 0.3) is 0 Å². The summed E-state index contributed by atoms with van der Waals surface area (Å²) >= 11 is 0. The van der Waals surface area contributed by atoms with E-state index in [-0.39, 0.29) is 0 Å². The van der Waals surface area contributed by atoms with Crippen LogP contribution < -0.4 is 5.32 Å². The molecule has 0 radical (unpaired) electrons. The quantitative estimate of drug-likeness (QED) is 0.818. The second-order valence-electron chi connectivity index (χ2n) is 4.43. The Kier molecular flexibility index (Phi) is 4.15. The number of hydrogen-bond donors (Lipinski definition) is 1. The van der Waals surface area contributed by atoms with Crippen molar-refractivity contribution in [3.63, 3.8) is 0 Å². The maximum atomic E-state index is 4.37. The van der Waals surface area contributed by atoms with Crippen molar-refractivity contribution in [3.05, 3.63) is 30.1 Å². The molecule has 0 bridgehead atoms. The van der Waals surface area contributed by atoms with E-state index in [4.69, 9.17) is 0 Å². The molecule has 1 aliphatic heterocycles. The Balaban J connectivity index is 1.77. The average Bonchev–Trinajstić information content (AvgIpc) is 2.56. The van der Waals surface area contributed by atoms with Gasteiger partial charge in [0, 0.05) is 11.9 Å². The molecule has 1 aromatic rings. The highest BCUT2D eigenvalue weighted by Crippen LogP contribution is 2.16. The highest BCUT2D eigenvalue weighted by molar-refractivity contribution is 5.03. The number of rotatable bonds is 3. The van der Waals surface area contributed by atoms with Crippen molar-refractivity contribution >= 4 is 0 Å². The van der Waals surface area contributed by atoms with Crippen molar-refractivity contribution in [2.45, 2.75) is 32.1 Å². The Morgan fingerprint density at radius 1 is 1.33 bits per heavy atom. The van der Waals surface area contributed by atoms with Crippen LogP contribution in [0.25, 0.3) is 0 Å². The van der Waals surface area contributed by atoms with Crippen LogP contribution in [0.3, 0.4) is 0 Å². The van der Waals surface area contributed by atoms with Crippen molar-refractivity contribution in [3.8, 4) is 0 Å². The van der Waals surface area contributed by atoms with E-state index in [1.54, 1.807) is 0 Å². The largest absolute Gasteiger partial charge is 0.316 e. The van der Waals surface area contributed by atoms with Gasteiger partial charge in [-0.05, 0) is 56.8 Å². The van der Waals surface area contributed by atoms with Crippen molar-refractivity contribution in [2.24, 2.45) is 5.92 Å². The topological polar surface area (TPSA) is 24.9 Å². The first-order valence-corrected chi connectivity index (χ1v) is 6.06. The molecular weight excluding hydrogens is 184 g/mol. The summed E-state index contributed by atoms with van der Waals surface area (Å²) in [6.07, 6.45) is 8.43.